The number of fused-ring (bicyclic) bond motifs is 1. The lowest BCUT2D eigenvalue weighted by Crippen LogP contribution is -2.21. The zero-order valence-corrected chi connectivity index (χ0v) is 11.1. The Morgan fingerprint density at radius 1 is 1.32 bits per heavy atom. The Labute approximate surface area is 112 Å². The topological polar surface area (TPSA) is 53.6 Å². The molecule has 0 radical (unpaired) electrons. The van der Waals surface area contributed by atoms with E-state index in [9.17, 15) is 5.26 Å². The van der Waals surface area contributed by atoms with Gasteiger partial charge < -0.3 is 5.32 Å². The van der Waals surface area contributed by atoms with Gasteiger partial charge in [-0.05, 0) is 30.9 Å². The zero-order chi connectivity index (χ0) is 13.4. The van der Waals surface area contributed by atoms with Crippen LogP contribution >= 0.6 is 0 Å². The van der Waals surface area contributed by atoms with Crippen molar-refractivity contribution in [3.05, 3.63) is 46.6 Å². The molecule has 1 aromatic carbocycles. The predicted octanol–water partition coefficient (Wildman–Crippen LogP) is 2.18. The second-order valence-electron chi connectivity index (χ2n) is 5.06. The highest BCUT2D eigenvalue weighted by atomic mass is 15.3. The van der Waals surface area contributed by atoms with E-state index < -0.39 is 0 Å². The molecule has 96 valence electrons. The van der Waals surface area contributed by atoms with Gasteiger partial charge in [-0.2, -0.15) is 10.4 Å². The minimum atomic E-state index is 0.347. The molecule has 4 nitrogen and oxygen atoms in total. The minimum absolute atomic E-state index is 0.347. The smallest absolute Gasteiger partial charge is 0.142 e. The van der Waals surface area contributed by atoms with Gasteiger partial charge in [-0.25, -0.2) is 0 Å². The van der Waals surface area contributed by atoms with Gasteiger partial charge in [0.1, 0.15) is 17.5 Å². The highest BCUT2D eigenvalue weighted by Crippen LogP contribution is 2.26. The van der Waals surface area contributed by atoms with E-state index in [1.165, 1.54) is 11.1 Å². The first-order chi connectivity index (χ1) is 9.19. The quantitative estimate of drug-likeness (QED) is 0.891. The molecule has 0 saturated carbocycles. The van der Waals surface area contributed by atoms with Crippen molar-refractivity contribution in [2.24, 2.45) is 7.05 Å². The first-order valence-electron chi connectivity index (χ1n) is 6.46. The number of aryl methyl sites for hydroxylation is 2. The molecule has 0 aliphatic heterocycles. The molecule has 1 aliphatic rings. The molecular formula is C15H16N4. The van der Waals surface area contributed by atoms with Crippen LogP contribution in [0.4, 0.5) is 5.82 Å². The third-order valence-electron chi connectivity index (χ3n) is 3.73. The standard InChI is InChI=1S/C15H16N4/c1-10-14(9-16)15(19(2)18-10)17-13-7-11-5-3-4-6-12(11)8-13/h3-6,13,17H,7-8H2,1-2H3. The van der Waals surface area contributed by atoms with Gasteiger partial charge in [-0.3, -0.25) is 4.68 Å². The van der Waals surface area contributed by atoms with E-state index in [0.29, 0.717) is 11.6 Å². The van der Waals surface area contributed by atoms with Crippen LogP contribution in [0.15, 0.2) is 24.3 Å². The summed E-state index contributed by atoms with van der Waals surface area (Å²) in [6.45, 7) is 1.87. The number of aromatic nitrogens is 2. The van der Waals surface area contributed by atoms with E-state index in [0.717, 1.165) is 24.4 Å². The molecule has 2 aromatic rings. The molecule has 0 amide bonds. The second kappa shape index (κ2) is 4.43. The molecule has 1 N–H and O–H groups in total. The van der Waals surface area contributed by atoms with E-state index in [-0.39, 0.29) is 0 Å². The first kappa shape index (κ1) is 11.8. The zero-order valence-electron chi connectivity index (χ0n) is 11.1. The van der Waals surface area contributed by atoms with Crippen LogP contribution in [0, 0.1) is 18.3 Å². The van der Waals surface area contributed by atoms with Crippen molar-refractivity contribution in [2.75, 3.05) is 5.32 Å². The number of hydrogen-bond donors (Lipinski definition) is 1. The van der Waals surface area contributed by atoms with Gasteiger partial charge in [0.25, 0.3) is 0 Å². The average molecular weight is 252 g/mol. The van der Waals surface area contributed by atoms with Crippen molar-refractivity contribution in [1.29, 1.82) is 5.26 Å². The molecule has 0 fully saturated rings. The molecule has 0 bridgehead atoms. The molecule has 1 aliphatic carbocycles. The molecule has 4 heteroatoms. The van der Waals surface area contributed by atoms with E-state index in [1.807, 2.05) is 14.0 Å². The maximum atomic E-state index is 9.22. The number of nitrogens with one attached hydrogen (secondary N) is 1. The van der Waals surface area contributed by atoms with Crippen LogP contribution in [0.25, 0.3) is 0 Å². The highest BCUT2D eigenvalue weighted by molar-refractivity contribution is 5.56. The number of benzene rings is 1. The van der Waals surface area contributed by atoms with Gasteiger partial charge in [0.2, 0.25) is 0 Å². The summed E-state index contributed by atoms with van der Waals surface area (Å²) in [6.07, 6.45) is 2.01. The van der Waals surface area contributed by atoms with Crippen LogP contribution in [0.1, 0.15) is 22.4 Å². The second-order valence-corrected chi connectivity index (χ2v) is 5.06. The van der Waals surface area contributed by atoms with Gasteiger partial charge in [0, 0.05) is 13.1 Å². The molecule has 1 aromatic heterocycles. The molecular weight excluding hydrogens is 236 g/mol. The van der Waals surface area contributed by atoms with Gasteiger partial charge in [-0.15, -0.1) is 0 Å². The average Bonchev–Trinajstić information content (AvgIpc) is 2.91. The first-order valence-corrected chi connectivity index (χ1v) is 6.46. The highest BCUT2D eigenvalue weighted by Gasteiger charge is 2.23. The number of nitrogens with zero attached hydrogens (tertiary/aromatic N) is 3. The minimum Gasteiger partial charge on any atom is -0.366 e. The molecule has 3 rings (SSSR count). The van der Waals surface area contributed by atoms with E-state index >= 15 is 0 Å². The molecule has 0 unspecified atom stereocenters. The Balaban J connectivity index is 1.84. The molecule has 19 heavy (non-hydrogen) atoms. The maximum Gasteiger partial charge on any atom is 0.142 e. The van der Waals surface area contributed by atoms with Gasteiger partial charge in [0.15, 0.2) is 0 Å². The predicted molar refractivity (Wildman–Crippen MR) is 73.9 cm³/mol. The fourth-order valence-corrected chi connectivity index (χ4v) is 2.81. The normalized spacial score (nSPS) is 14.2. The number of nitriles is 1. The third-order valence-corrected chi connectivity index (χ3v) is 3.73. The van der Waals surface area contributed by atoms with Gasteiger partial charge in [-0.1, -0.05) is 24.3 Å². The molecule has 1 heterocycles. The Morgan fingerprint density at radius 2 is 1.95 bits per heavy atom. The summed E-state index contributed by atoms with van der Waals surface area (Å²) in [5, 5.41) is 17.0. The maximum absolute atomic E-state index is 9.22. The van der Waals surface area contributed by atoms with Crippen LogP contribution < -0.4 is 5.32 Å². The summed E-state index contributed by atoms with van der Waals surface area (Å²) in [5.41, 5.74) is 4.23. The lowest BCUT2D eigenvalue weighted by molar-refractivity contribution is 0.717. The summed E-state index contributed by atoms with van der Waals surface area (Å²) in [5.74, 6) is 0.831. The van der Waals surface area contributed by atoms with E-state index in [2.05, 4.69) is 40.8 Å². The number of rotatable bonds is 2. The lowest BCUT2D eigenvalue weighted by Gasteiger charge is -2.13. The monoisotopic (exact) mass is 252 g/mol. The van der Waals surface area contributed by atoms with Gasteiger partial charge >= 0.3 is 0 Å². The summed E-state index contributed by atoms with van der Waals surface area (Å²) < 4.78 is 1.76. The lowest BCUT2D eigenvalue weighted by atomic mass is 10.1. The molecule has 0 saturated heterocycles. The van der Waals surface area contributed by atoms with Crippen molar-refractivity contribution in [2.45, 2.75) is 25.8 Å². The molecule has 0 spiro atoms. The SMILES string of the molecule is Cc1nn(C)c(NC2Cc3ccccc3C2)c1C#N. The summed E-state index contributed by atoms with van der Waals surface area (Å²) in [6, 6.07) is 11.1. The fourth-order valence-electron chi connectivity index (χ4n) is 2.81. The summed E-state index contributed by atoms with van der Waals surface area (Å²) >= 11 is 0. The van der Waals surface area contributed by atoms with Crippen LogP contribution in [-0.2, 0) is 19.9 Å². The van der Waals surface area contributed by atoms with Crippen LogP contribution in [-0.4, -0.2) is 15.8 Å². The van der Waals surface area contributed by atoms with E-state index in [1.54, 1.807) is 4.68 Å². The summed E-state index contributed by atoms with van der Waals surface area (Å²) in [4.78, 5) is 0. The van der Waals surface area contributed by atoms with Crippen molar-refractivity contribution in [1.82, 2.24) is 9.78 Å². The Hall–Kier alpha value is -2.28. The van der Waals surface area contributed by atoms with Crippen molar-refractivity contribution in [3.63, 3.8) is 0 Å². The fraction of sp³-hybridized carbons (Fsp3) is 0.333. The van der Waals surface area contributed by atoms with Crippen molar-refractivity contribution < 1.29 is 0 Å². The van der Waals surface area contributed by atoms with Crippen LogP contribution in [0.3, 0.4) is 0 Å². The van der Waals surface area contributed by atoms with Crippen LogP contribution in [0.2, 0.25) is 0 Å². The number of hydrogen-bond acceptors (Lipinski definition) is 3. The van der Waals surface area contributed by atoms with Gasteiger partial charge in [0.05, 0.1) is 5.69 Å². The Kier molecular flexibility index (Phi) is 2.75. The summed E-state index contributed by atoms with van der Waals surface area (Å²) in [7, 11) is 1.87. The molecule has 0 atom stereocenters. The van der Waals surface area contributed by atoms with Crippen LogP contribution in [0.5, 0.6) is 0 Å². The number of anilines is 1. The van der Waals surface area contributed by atoms with E-state index in [4.69, 9.17) is 0 Å². The van der Waals surface area contributed by atoms with Crippen molar-refractivity contribution >= 4 is 5.82 Å². The third kappa shape index (κ3) is 1.97. The Bertz CT molecular complexity index is 638. The van der Waals surface area contributed by atoms with Crippen molar-refractivity contribution in [3.8, 4) is 6.07 Å². The largest absolute Gasteiger partial charge is 0.366 e. The Morgan fingerprint density at radius 3 is 2.53 bits per heavy atom.